The Kier molecular flexibility index (Phi) is 11.1. The Morgan fingerprint density at radius 1 is 0.897 bits per heavy atom. The van der Waals surface area contributed by atoms with E-state index in [4.69, 9.17) is 0 Å². The van der Waals surface area contributed by atoms with Gasteiger partial charge in [0.25, 0.3) is 0 Å². The summed E-state index contributed by atoms with van der Waals surface area (Å²) in [5.41, 5.74) is 2.37. The molecule has 3 aromatic rings. The number of rotatable bonds is 14. The third-order valence-electron chi connectivity index (χ3n) is 6.32. The Bertz CT molecular complexity index is 1320. The first-order valence-corrected chi connectivity index (χ1v) is 14.4. The monoisotopic (exact) mass is 560 g/mol. The number of benzene rings is 3. The summed E-state index contributed by atoms with van der Waals surface area (Å²) in [5, 5.41) is 26.9. The lowest BCUT2D eigenvalue weighted by Gasteiger charge is -2.26. The van der Waals surface area contributed by atoms with Crippen molar-refractivity contribution in [2.24, 2.45) is 0 Å². The van der Waals surface area contributed by atoms with Crippen molar-refractivity contribution < 1.29 is 32.2 Å². The number of hydrogen-bond donors (Lipinski definition) is 4. The van der Waals surface area contributed by atoms with E-state index in [0.29, 0.717) is 6.54 Å². The molecule has 0 aliphatic carbocycles. The molecule has 1 amide bonds. The van der Waals surface area contributed by atoms with Gasteiger partial charge in [-0.05, 0) is 60.2 Å². The molecule has 210 valence electrons. The average molecular weight is 561 g/mol. The normalized spacial score (nSPS) is 14.0. The van der Waals surface area contributed by atoms with E-state index < -0.39 is 51.4 Å². The first-order chi connectivity index (χ1) is 18.6. The second-order valence-electron chi connectivity index (χ2n) is 9.41. The standard InChI is InChI=1S/C29H34F2N2O5S/c1-2-20-7-6-8-21(13-20)18-32-19-28(35)26(16-22-14-23(30)17-24(31)15-22)33-29(36)27(34)11-12-39(37,38)25-9-4-3-5-10-25/h3-10,13-15,17,26-28,32,34-35H,2,11-12,16,18-19H2,1H3,(H,33,36)/t26-,27?,28-/m0/s1. The van der Waals surface area contributed by atoms with Crippen molar-refractivity contribution in [2.45, 2.75) is 55.9 Å². The van der Waals surface area contributed by atoms with E-state index in [-0.39, 0.29) is 29.8 Å². The van der Waals surface area contributed by atoms with Crippen molar-refractivity contribution in [1.82, 2.24) is 10.6 Å². The van der Waals surface area contributed by atoms with Crippen LogP contribution in [0.4, 0.5) is 8.78 Å². The van der Waals surface area contributed by atoms with Crippen LogP contribution >= 0.6 is 0 Å². The van der Waals surface area contributed by atoms with Gasteiger partial charge in [-0.15, -0.1) is 0 Å². The topological polar surface area (TPSA) is 116 Å². The van der Waals surface area contributed by atoms with Crippen LogP contribution in [0, 0.1) is 11.6 Å². The van der Waals surface area contributed by atoms with E-state index >= 15 is 0 Å². The van der Waals surface area contributed by atoms with Crippen LogP contribution in [0.1, 0.15) is 30.0 Å². The zero-order chi connectivity index (χ0) is 28.4. The first-order valence-electron chi connectivity index (χ1n) is 12.7. The Morgan fingerprint density at radius 2 is 1.56 bits per heavy atom. The van der Waals surface area contributed by atoms with Gasteiger partial charge < -0.3 is 20.8 Å². The van der Waals surface area contributed by atoms with Gasteiger partial charge in [0.15, 0.2) is 9.84 Å². The maximum Gasteiger partial charge on any atom is 0.249 e. The number of nitrogens with one attached hydrogen (secondary N) is 2. The van der Waals surface area contributed by atoms with E-state index in [9.17, 15) is 32.2 Å². The van der Waals surface area contributed by atoms with Gasteiger partial charge in [-0.3, -0.25) is 4.79 Å². The molecule has 0 saturated heterocycles. The van der Waals surface area contributed by atoms with Crippen LogP contribution in [0.3, 0.4) is 0 Å². The van der Waals surface area contributed by atoms with Crippen LogP contribution in [0.5, 0.6) is 0 Å². The highest BCUT2D eigenvalue weighted by molar-refractivity contribution is 7.91. The maximum absolute atomic E-state index is 13.8. The third kappa shape index (κ3) is 9.50. The van der Waals surface area contributed by atoms with Crippen molar-refractivity contribution in [3.05, 3.63) is 101 Å². The molecule has 3 aromatic carbocycles. The molecule has 1 unspecified atom stereocenters. The van der Waals surface area contributed by atoms with Gasteiger partial charge in [-0.25, -0.2) is 17.2 Å². The molecular weight excluding hydrogens is 526 g/mol. The summed E-state index contributed by atoms with van der Waals surface area (Å²) in [5.74, 6) is -2.96. The van der Waals surface area contributed by atoms with Crippen molar-refractivity contribution in [2.75, 3.05) is 12.3 Å². The molecule has 0 radical (unpaired) electrons. The minimum absolute atomic E-state index is 0.0393. The molecule has 0 spiro atoms. The summed E-state index contributed by atoms with van der Waals surface area (Å²) in [7, 11) is -3.72. The molecule has 10 heteroatoms. The van der Waals surface area contributed by atoms with Gasteiger partial charge in [0.1, 0.15) is 17.7 Å². The smallest absolute Gasteiger partial charge is 0.249 e. The van der Waals surface area contributed by atoms with Gasteiger partial charge in [0.05, 0.1) is 22.8 Å². The number of aliphatic hydroxyl groups excluding tert-OH is 2. The number of amides is 1. The summed E-state index contributed by atoms with van der Waals surface area (Å²) in [6, 6.07) is 17.5. The molecule has 0 bridgehead atoms. The van der Waals surface area contributed by atoms with Gasteiger partial charge in [0, 0.05) is 19.2 Å². The second-order valence-corrected chi connectivity index (χ2v) is 11.5. The fourth-order valence-electron chi connectivity index (χ4n) is 4.15. The number of carbonyl (C=O) groups excluding carboxylic acids is 1. The molecule has 7 nitrogen and oxygen atoms in total. The Hall–Kier alpha value is -3.18. The quantitative estimate of drug-likeness (QED) is 0.241. The molecule has 0 fully saturated rings. The van der Waals surface area contributed by atoms with E-state index in [1.165, 1.54) is 12.1 Å². The Balaban J connectivity index is 1.65. The van der Waals surface area contributed by atoms with Crippen molar-refractivity contribution in [1.29, 1.82) is 0 Å². The molecule has 0 aliphatic rings. The molecule has 3 rings (SSSR count). The highest BCUT2D eigenvalue weighted by Crippen LogP contribution is 2.15. The van der Waals surface area contributed by atoms with Gasteiger partial charge in [-0.2, -0.15) is 0 Å². The zero-order valence-corrected chi connectivity index (χ0v) is 22.5. The van der Waals surface area contributed by atoms with E-state index in [1.807, 2.05) is 31.2 Å². The van der Waals surface area contributed by atoms with Crippen LogP contribution in [0.25, 0.3) is 0 Å². The largest absolute Gasteiger partial charge is 0.390 e. The average Bonchev–Trinajstić information content (AvgIpc) is 2.91. The van der Waals surface area contributed by atoms with E-state index in [2.05, 4.69) is 10.6 Å². The number of sulfone groups is 1. The van der Waals surface area contributed by atoms with Crippen LogP contribution < -0.4 is 10.6 Å². The summed E-state index contributed by atoms with van der Waals surface area (Å²) in [6.07, 6.45) is -2.47. The van der Waals surface area contributed by atoms with Gasteiger partial charge in [0.2, 0.25) is 5.91 Å². The van der Waals surface area contributed by atoms with Crippen molar-refractivity contribution in [3.8, 4) is 0 Å². The molecule has 0 saturated carbocycles. The molecule has 3 atom stereocenters. The van der Waals surface area contributed by atoms with Gasteiger partial charge >= 0.3 is 0 Å². The lowest BCUT2D eigenvalue weighted by molar-refractivity contribution is -0.131. The summed E-state index contributed by atoms with van der Waals surface area (Å²) in [6.45, 7) is 2.53. The summed E-state index contributed by atoms with van der Waals surface area (Å²) in [4.78, 5) is 12.8. The van der Waals surface area contributed by atoms with Crippen LogP contribution in [0.2, 0.25) is 0 Å². The predicted molar refractivity (Wildman–Crippen MR) is 145 cm³/mol. The first kappa shape index (κ1) is 30.4. The zero-order valence-electron chi connectivity index (χ0n) is 21.7. The van der Waals surface area contributed by atoms with E-state index in [0.717, 1.165) is 35.7 Å². The Labute approximate surface area is 227 Å². The number of hydrogen-bond acceptors (Lipinski definition) is 6. The van der Waals surface area contributed by atoms with Crippen LogP contribution in [0.15, 0.2) is 77.7 Å². The maximum atomic E-state index is 13.8. The number of halogens is 2. The highest BCUT2D eigenvalue weighted by Gasteiger charge is 2.27. The summed E-state index contributed by atoms with van der Waals surface area (Å²) < 4.78 is 52.6. The summed E-state index contributed by atoms with van der Waals surface area (Å²) >= 11 is 0. The molecular formula is C29H34F2N2O5S. The highest BCUT2D eigenvalue weighted by atomic mass is 32.2. The lowest BCUT2D eigenvalue weighted by atomic mass is 10.00. The minimum Gasteiger partial charge on any atom is -0.390 e. The number of aliphatic hydroxyl groups is 2. The van der Waals surface area contributed by atoms with Crippen molar-refractivity contribution >= 4 is 15.7 Å². The third-order valence-corrected chi connectivity index (χ3v) is 8.08. The second kappa shape index (κ2) is 14.3. The van der Waals surface area contributed by atoms with Gasteiger partial charge in [-0.1, -0.05) is 49.4 Å². The minimum atomic E-state index is -3.72. The number of aryl methyl sites for hydroxylation is 1. The van der Waals surface area contributed by atoms with Crippen LogP contribution in [-0.4, -0.2) is 55.1 Å². The molecule has 0 aliphatic heterocycles. The molecule has 0 aromatic heterocycles. The molecule has 0 heterocycles. The SMILES string of the molecule is CCc1cccc(CNC[C@H](O)[C@H](Cc2cc(F)cc(F)c2)NC(=O)C(O)CCS(=O)(=O)c2ccccc2)c1. The van der Waals surface area contributed by atoms with Crippen LogP contribution in [-0.2, 0) is 34.0 Å². The fourth-order valence-corrected chi connectivity index (χ4v) is 5.50. The van der Waals surface area contributed by atoms with E-state index in [1.54, 1.807) is 18.2 Å². The predicted octanol–water partition coefficient (Wildman–Crippen LogP) is 2.93. The molecule has 4 N–H and O–H groups in total. The fraction of sp³-hybridized carbons (Fsp3) is 0.345. The van der Waals surface area contributed by atoms with Crippen molar-refractivity contribution in [3.63, 3.8) is 0 Å². The Morgan fingerprint density at radius 3 is 2.23 bits per heavy atom. The number of carbonyl (C=O) groups is 1. The lowest BCUT2D eigenvalue weighted by Crippen LogP contribution is -2.51. The molecule has 39 heavy (non-hydrogen) atoms.